The van der Waals surface area contributed by atoms with Crippen LogP contribution in [0.5, 0.6) is 0 Å². The van der Waals surface area contributed by atoms with Crippen molar-refractivity contribution in [1.82, 2.24) is 9.80 Å². The monoisotopic (exact) mass is 477 g/mol. The summed E-state index contributed by atoms with van der Waals surface area (Å²) in [4.78, 5) is 19.0. The van der Waals surface area contributed by atoms with E-state index in [1.165, 1.54) is 35.7 Å². The molecule has 182 valence electrons. The number of carbonyl (C=O) groups excluding carboxylic acids is 1. The Morgan fingerprint density at radius 1 is 1.03 bits per heavy atom. The molecule has 0 aliphatic carbocycles. The third-order valence-electron chi connectivity index (χ3n) is 7.10. The van der Waals surface area contributed by atoms with Crippen molar-refractivity contribution in [3.63, 3.8) is 0 Å². The Morgan fingerprint density at radius 3 is 2.50 bits per heavy atom. The van der Waals surface area contributed by atoms with Crippen LogP contribution in [0.1, 0.15) is 51.0 Å². The highest BCUT2D eigenvalue weighted by Crippen LogP contribution is 2.33. The molecule has 0 saturated carbocycles. The summed E-state index contributed by atoms with van der Waals surface area (Å²) in [5.41, 5.74) is 2.33. The molecule has 0 spiro atoms. The first-order valence-electron chi connectivity index (χ1n) is 12.8. The number of piperidine rings is 1. The van der Waals surface area contributed by atoms with Gasteiger partial charge < -0.3 is 10.2 Å². The first-order valence-corrected chi connectivity index (χ1v) is 13.6. The van der Waals surface area contributed by atoms with Crippen molar-refractivity contribution >= 4 is 39.0 Å². The number of thioether (sulfide) groups is 1. The average Bonchev–Trinajstić information content (AvgIpc) is 3.34. The largest absolute Gasteiger partial charge is 0.385 e. The molecule has 2 fully saturated rings. The third-order valence-corrected chi connectivity index (χ3v) is 7.93. The molecule has 0 unspecified atom stereocenters. The van der Waals surface area contributed by atoms with Crippen LogP contribution < -0.4 is 5.32 Å². The van der Waals surface area contributed by atoms with Gasteiger partial charge in [0, 0.05) is 30.2 Å². The van der Waals surface area contributed by atoms with Gasteiger partial charge in [-0.05, 0) is 104 Å². The van der Waals surface area contributed by atoms with Gasteiger partial charge in [-0.3, -0.25) is 9.69 Å². The van der Waals surface area contributed by atoms with Gasteiger partial charge in [-0.1, -0.05) is 43.1 Å². The molecular formula is C29H39N3OS. The molecule has 34 heavy (non-hydrogen) atoms. The number of anilines is 1. The van der Waals surface area contributed by atoms with Crippen molar-refractivity contribution in [2.24, 2.45) is 5.92 Å². The predicted molar refractivity (Wildman–Crippen MR) is 148 cm³/mol. The Hall–Kier alpha value is -2.24. The first kappa shape index (κ1) is 24.9. The van der Waals surface area contributed by atoms with Crippen LogP contribution in [-0.4, -0.2) is 55.0 Å². The van der Waals surface area contributed by atoms with Crippen molar-refractivity contribution in [1.29, 1.82) is 0 Å². The van der Waals surface area contributed by atoms with E-state index >= 15 is 0 Å². The van der Waals surface area contributed by atoms with Gasteiger partial charge in [0.15, 0.2) is 0 Å². The summed E-state index contributed by atoms with van der Waals surface area (Å²) in [5, 5.41) is 6.09. The molecule has 4 rings (SSSR count). The number of carbonyl (C=O) groups is 1. The first-order chi connectivity index (χ1) is 16.5. The lowest BCUT2D eigenvalue weighted by Crippen LogP contribution is -2.43. The van der Waals surface area contributed by atoms with Gasteiger partial charge in [0.05, 0.1) is 6.54 Å². The maximum atomic E-state index is 12.5. The molecule has 5 heteroatoms. The molecule has 1 N–H and O–H groups in total. The van der Waals surface area contributed by atoms with Gasteiger partial charge >= 0.3 is 0 Å². The van der Waals surface area contributed by atoms with Crippen molar-refractivity contribution in [3.05, 3.63) is 60.0 Å². The maximum absolute atomic E-state index is 12.5. The van der Waals surface area contributed by atoms with Crippen LogP contribution in [0.3, 0.4) is 0 Å². The normalized spacial score (nSPS) is 17.3. The number of amides is 1. The molecule has 0 radical (unpaired) electrons. The van der Waals surface area contributed by atoms with E-state index in [4.69, 9.17) is 0 Å². The Morgan fingerprint density at radius 2 is 1.76 bits per heavy atom. The van der Waals surface area contributed by atoms with Crippen LogP contribution in [0, 0.1) is 5.92 Å². The number of rotatable bonds is 10. The zero-order valence-corrected chi connectivity index (χ0v) is 21.5. The zero-order valence-electron chi connectivity index (χ0n) is 20.7. The minimum Gasteiger partial charge on any atom is -0.385 e. The van der Waals surface area contributed by atoms with Crippen LogP contribution in [-0.2, 0) is 4.79 Å². The zero-order chi connectivity index (χ0) is 23.9. The van der Waals surface area contributed by atoms with E-state index in [9.17, 15) is 4.79 Å². The maximum Gasteiger partial charge on any atom is 0.236 e. The molecule has 0 atom stereocenters. The SMILES string of the molecule is C=C(C)SC(=C)c1ccc2ccc(NCCCC3CCN(C(=O)CN4CCCC4)CC3)cc2c1. The minimum absolute atomic E-state index is 0.336. The summed E-state index contributed by atoms with van der Waals surface area (Å²) in [6, 6.07) is 13.1. The Bertz CT molecular complexity index is 1020. The molecule has 1 amide bonds. The van der Waals surface area contributed by atoms with E-state index in [2.05, 4.69) is 64.7 Å². The number of nitrogens with one attached hydrogen (secondary N) is 1. The third kappa shape index (κ3) is 6.89. The molecule has 2 aliphatic heterocycles. The molecule has 2 aromatic rings. The minimum atomic E-state index is 0.336. The van der Waals surface area contributed by atoms with Gasteiger partial charge in [-0.15, -0.1) is 0 Å². The van der Waals surface area contributed by atoms with Crippen LogP contribution >= 0.6 is 11.8 Å². The van der Waals surface area contributed by atoms with Gasteiger partial charge in [0.1, 0.15) is 0 Å². The topological polar surface area (TPSA) is 35.6 Å². The average molecular weight is 478 g/mol. The summed E-state index contributed by atoms with van der Waals surface area (Å²) in [5.74, 6) is 1.08. The predicted octanol–water partition coefficient (Wildman–Crippen LogP) is 6.60. The summed E-state index contributed by atoms with van der Waals surface area (Å²) in [7, 11) is 0. The quantitative estimate of drug-likeness (QED) is 0.391. The molecule has 2 heterocycles. The summed E-state index contributed by atoms with van der Waals surface area (Å²) < 4.78 is 0. The van der Waals surface area contributed by atoms with Crippen LogP contribution in [0.15, 0.2) is 54.5 Å². The molecule has 2 aromatic carbocycles. The van der Waals surface area contributed by atoms with Crippen molar-refractivity contribution < 1.29 is 4.79 Å². The Balaban J connectivity index is 1.19. The van der Waals surface area contributed by atoms with E-state index in [0.717, 1.165) is 73.3 Å². The van der Waals surface area contributed by atoms with Crippen LogP contribution in [0.25, 0.3) is 15.7 Å². The van der Waals surface area contributed by atoms with Gasteiger partial charge in [-0.2, -0.15) is 0 Å². The Labute approximate surface area is 209 Å². The lowest BCUT2D eigenvalue weighted by molar-refractivity contribution is -0.133. The second-order valence-corrected chi connectivity index (χ2v) is 11.3. The van der Waals surface area contributed by atoms with Gasteiger partial charge in [0.25, 0.3) is 0 Å². The standard InChI is InChI=1S/C29H39N3OS/c1-22(2)34-23(3)26-9-8-25-10-11-28(20-27(25)19-26)30-14-6-7-24-12-17-32(18-13-24)29(33)21-31-15-4-5-16-31/h8-11,19-20,24,30H,1,3-7,12-18,21H2,2H3. The molecule has 0 bridgehead atoms. The van der Waals surface area contributed by atoms with Gasteiger partial charge in [-0.25, -0.2) is 0 Å². The second-order valence-electron chi connectivity index (χ2n) is 9.88. The number of hydrogen-bond acceptors (Lipinski definition) is 4. The molecular weight excluding hydrogens is 438 g/mol. The van der Waals surface area contributed by atoms with Crippen molar-refractivity contribution in [2.45, 2.75) is 45.4 Å². The van der Waals surface area contributed by atoms with E-state index in [1.807, 2.05) is 6.92 Å². The fourth-order valence-electron chi connectivity index (χ4n) is 5.13. The van der Waals surface area contributed by atoms with E-state index in [1.54, 1.807) is 11.8 Å². The fourth-order valence-corrected chi connectivity index (χ4v) is 5.79. The van der Waals surface area contributed by atoms with Gasteiger partial charge in [0.2, 0.25) is 5.91 Å². The number of benzene rings is 2. The highest BCUT2D eigenvalue weighted by atomic mass is 32.2. The summed E-state index contributed by atoms with van der Waals surface area (Å²) in [6.45, 7) is 15.9. The molecule has 2 saturated heterocycles. The molecule has 2 aliphatic rings. The Kier molecular flexibility index (Phi) is 8.74. The van der Waals surface area contributed by atoms with Crippen LogP contribution in [0.2, 0.25) is 0 Å². The van der Waals surface area contributed by atoms with Crippen molar-refractivity contribution in [2.75, 3.05) is 44.6 Å². The van der Waals surface area contributed by atoms with E-state index < -0.39 is 0 Å². The number of allylic oxidation sites excluding steroid dienone is 1. The number of fused-ring (bicyclic) bond motifs is 1. The molecule has 4 nitrogen and oxygen atoms in total. The van der Waals surface area contributed by atoms with Crippen LogP contribution in [0.4, 0.5) is 5.69 Å². The highest BCUT2D eigenvalue weighted by molar-refractivity contribution is 8.11. The lowest BCUT2D eigenvalue weighted by atomic mass is 9.92. The van der Waals surface area contributed by atoms with E-state index in [-0.39, 0.29) is 0 Å². The number of likely N-dealkylation sites (tertiary alicyclic amines) is 2. The summed E-state index contributed by atoms with van der Waals surface area (Å²) >= 11 is 1.63. The number of hydrogen-bond donors (Lipinski definition) is 1. The molecule has 0 aromatic heterocycles. The lowest BCUT2D eigenvalue weighted by Gasteiger charge is -2.33. The van der Waals surface area contributed by atoms with Crippen molar-refractivity contribution in [3.8, 4) is 0 Å². The summed E-state index contributed by atoms with van der Waals surface area (Å²) in [6.07, 6.45) is 7.18. The number of nitrogens with zero attached hydrogens (tertiary/aromatic N) is 2. The fraction of sp³-hybridized carbons (Fsp3) is 0.483. The second kappa shape index (κ2) is 11.9. The van der Waals surface area contributed by atoms with E-state index in [0.29, 0.717) is 12.5 Å². The highest BCUT2D eigenvalue weighted by Gasteiger charge is 2.24. The smallest absolute Gasteiger partial charge is 0.236 e.